The molecule has 0 saturated carbocycles. The van der Waals surface area contributed by atoms with E-state index in [4.69, 9.17) is 5.26 Å². The van der Waals surface area contributed by atoms with Gasteiger partial charge in [0.2, 0.25) is 11.1 Å². The molecule has 8 heteroatoms. The summed E-state index contributed by atoms with van der Waals surface area (Å²) in [5.41, 5.74) is 1.16. The van der Waals surface area contributed by atoms with Crippen LogP contribution in [0.5, 0.6) is 0 Å². The highest BCUT2D eigenvalue weighted by atomic mass is 32.2. The van der Waals surface area contributed by atoms with E-state index in [2.05, 4.69) is 20.5 Å². The molecule has 1 heterocycles. The maximum Gasteiger partial charge on any atom is 0.234 e. The standard InChI is InChI=1S/C17H12FN5OS/c18-13-7-3-2-6-12(13)16-21-17(23-22-16)25-10-15(24)20-14-8-4-1-5-11(14)9-19/h1-8H,10H2,(H,20,24)(H,21,22,23). The number of amides is 1. The minimum atomic E-state index is -0.402. The maximum absolute atomic E-state index is 13.7. The number of hydrogen-bond acceptors (Lipinski definition) is 5. The van der Waals surface area contributed by atoms with Crippen molar-refractivity contribution in [1.29, 1.82) is 5.26 Å². The largest absolute Gasteiger partial charge is 0.324 e. The quantitative estimate of drug-likeness (QED) is 0.687. The highest BCUT2D eigenvalue weighted by molar-refractivity contribution is 7.99. The number of nitrogens with one attached hydrogen (secondary N) is 2. The number of H-pyrrole nitrogens is 1. The van der Waals surface area contributed by atoms with Crippen molar-refractivity contribution in [3.63, 3.8) is 0 Å². The van der Waals surface area contributed by atoms with E-state index >= 15 is 0 Å². The predicted octanol–water partition coefficient (Wildman–Crippen LogP) is 3.21. The summed E-state index contributed by atoms with van der Waals surface area (Å²) in [7, 11) is 0. The molecule has 0 saturated heterocycles. The first-order valence-corrected chi connectivity index (χ1v) is 8.25. The van der Waals surface area contributed by atoms with Crippen LogP contribution in [0, 0.1) is 17.1 Å². The highest BCUT2D eigenvalue weighted by Gasteiger charge is 2.12. The minimum Gasteiger partial charge on any atom is -0.324 e. The van der Waals surface area contributed by atoms with Crippen LogP contribution >= 0.6 is 11.8 Å². The Morgan fingerprint density at radius 2 is 2.00 bits per heavy atom. The zero-order chi connectivity index (χ0) is 17.6. The Morgan fingerprint density at radius 3 is 2.80 bits per heavy atom. The molecule has 2 aromatic carbocycles. The molecule has 0 aliphatic rings. The highest BCUT2D eigenvalue weighted by Crippen LogP contribution is 2.22. The van der Waals surface area contributed by atoms with Crippen LogP contribution in [0.15, 0.2) is 53.7 Å². The molecule has 124 valence electrons. The second kappa shape index (κ2) is 7.59. The number of thioether (sulfide) groups is 1. The van der Waals surface area contributed by atoms with Crippen LogP contribution in [-0.4, -0.2) is 26.8 Å². The van der Waals surface area contributed by atoms with Gasteiger partial charge in [0.15, 0.2) is 5.82 Å². The first-order chi connectivity index (χ1) is 12.2. The normalized spacial score (nSPS) is 10.2. The molecule has 0 bridgehead atoms. The molecule has 0 atom stereocenters. The molecule has 0 radical (unpaired) electrons. The average molecular weight is 353 g/mol. The zero-order valence-electron chi connectivity index (χ0n) is 12.9. The molecular weight excluding hydrogens is 341 g/mol. The summed E-state index contributed by atoms with van der Waals surface area (Å²) in [4.78, 5) is 16.2. The first kappa shape index (κ1) is 16.7. The Bertz CT molecular complexity index is 950. The van der Waals surface area contributed by atoms with Gasteiger partial charge in [-0.25, -0.2) is 9.37 Å². The molecule has 0 aliphatic heterocycles. The van der Waals surface area contributed by atoms with Gasteiger partial charge in [-0.3, -0.25) is 9.89 Å². The molecule has 1 aromatic heterocycles. The lowest BCUT2D eigenvalue weighted by atomic mass is 10.2. The average Bonchev–Trinajstić information content (AvgIpc) is 3.09. The Hall–Kier alpha value is -3.18. The molecule has 2 N–H and O–H groups in total. The van der Waals surface area contributed by atoms with E-state index in [-0.39, 0.29) is 11.7 Å². The van der Waals surface area contributed by atoms with Crippen LogP contribution in [0.1, 0.15) is 5.56 Å². The number of nitrogens with zero attached hydrogens (tertiary/aromatic N) is 3. The molecule has 3 rings (SSSR count). The van der Waals surface area contributed by atoms with E-state index in [1.54, 1.807) is 42.5 Å². The summed E-state index contributed by atoms with van der Waals surface area (Å²) >= 11 is 1.11. The van der Waals surface area contributed by atoms with Crippen molar-refractivity contribution >= 4 is 23.4 Å². The van der Waals surface area contributed by atoms with Gasteiger partial charge in [0.05, 0.1) is 22.6 Å². The van der Waals surface area contributed by atoms with Crippen molar-refractivity contribution in [3.05, 3.63) is 59.9 Å². The number of aromatic amines is 1. The third kappa shape index (κ3) is 4.02. The van der Waals surface area contributed by atoms with Gasteiger partial charge in [0.1, 0.15) is 11.9 Å². The number of hydrogen-bond donors (Lipinski definition) is 2. The van der Waals surface area contributed by atoms with Crippen LogP contribution in [0.2, 0.25) is 0 Å². The topological polar surface area (TPSA) is 94.5 Å². The van der Waals surface area contributed by atoms with Gasteiger partial charge in [-0.2, -0.15) is 5.26 Å². The van der Waals surface area contributed by atoms with Crippen LogP contribution in [0.4, 0.5) is 10.1 Å². The van der Waals surface area contributed by atoms with Gasteiger partial charge in [0, 0.05) is 0 Å². The van der Waals surface area contributed by atoms with Gasteiger partial charge in [-0.1, -0.05) is 36.0 Å². The van der Waals surface area contributed by atoms with Crippen molar-refractivity contribution in [2.24, 2.45) is 0 Å². The molecule has 0 unspecified atom stereocenters. The summed E-state index contributed by atoms with van der Waals surface area (Å²) in [6.07, 6.45) is 0. The van der Waals surface area contributed by atoms with E-state index in [9.17, 15) is 9.18 Å². The van der Waals surface area contributed by atoms with E-state index in [0.29, 0.717) is 27.8 Å². The van der Waals surface area contributed by atoms with Gasteiger partial charge in [0.25, 0.3) is 0 Å². The summed E-state index contributed by atoms with van der Waals surface area (Å²) < 4.78 is 13.7. The van der Waals surface area contributed by atoms with Crippen LogP contribution < -0.4 is 5.32 Å². The number of benzene rings is 2. The molecule has 6 nitrogen and oxygen atoms in total. The molecule has 0 aliphatic carbocycles. The van der Waals surface area contributed by atoms with Gasteiger partial charge in [-0.05, 0) is 24.3 Å². The fraction of sp³-hybridized carbons (Fsp3) is 0.0588. The number of rotatable bonds is 5. The van der Waals surface area contributed by atoms with E-state index < -0.39 is 5.82 Å². The van der Waals surface area contributed by atoms with Crippen molar-refractivity contribution in [2.75, 3.05) is 11.1 Å². The lowest BCUT2D eigenvalue weighted by molar-refractivity contribution is -0.113. The van der Waals surface area contributed by atoms with Crippen LogP contribution in [0.3, 0.4) is 0 Å². The maximum atomic E-state index is 13.7. The van der Waals surface area contributed by atoms with Crippen molar-refractivity contribution in [2.45, 2.75) is 5.16 Å². The second-order valence-electron chi connectivity index (χ2n) is 4.94. The molecule has 0 spiro atoms. The number of anilines is 1. The number of aromatic nitrogens is 3. The molecule has 25 heavy (non-hydrogen) atoms. The van der Waals surface area contributed by atoms with E-state index in [1.165, 1.54) is 6.07 Å². The minimum absolute atomic E-state index is 0.0638. The zero-order valence-corrected chi connectivity index (χ0v) is 13.7. The Morgan fingerprint density at radius 1 is 1.24 bits per heavy atom. The Kier molecular flexibility index (Phi) is 5.06. The first-order valence-electron chi connectivity index (χ1n) is 7.26. The van der Waals surface area contributed by atoms with Crippen molar-refractivity contribution < 1.29 is 9.18 Å². The lowest BCUT2D eigenvalue weighted by Gasteiger charge is -2.05. The number of halogens is 1. The molecule has 1 amide bonds. The van der Waals surface area contributed by atoms with Gasteiger partial charge >= 0.3 is 0 Å². The van der Waals surface area contributed by atoms with Crippen LogP contribution in [0.25, 0.3) is 11.4 Å². The predicted molar refractivity (Wildman–Crippen MR) is 92.3 cm³/mol. The number of para-hydroxylation sites is 1. The summed E-state index contributed by atoms with van der Waals surface area (Å²) in [5, 5.41) is 18.6. The van der Waals surface area contributed by atoms with E-state index in [0.717, 1.165) is 11.8 Å². The molecule has 3 aromatic rings. The lowest BCUT2D eigenvalue weighted by Crippen LogP contribution is -2.15. The summed E-state index contributed by atoms with van der Waals surface area (Å²) in [6.45, 7) is 0. The Labute approximate surface area is 147 Å². The summed E-state index contributed by atoms with van der Waals surface area (Å²) in [5.74, 6) is -0.323. The van der Waals surface area contributed by atoms with Crippen molar-refractivity contribution in [3.8, 4) is 17.5 Å². The monoisotopic (exact) mass is 353 g/mol. The second-order valence-corrected chi connectivity index (χ2v) is 5.88. The SMILES string of the molecule is N#Cc1ccccc1NC(=O)CSc1n[nH]c(-c2ccccc2F)n1. The number of nitriles is 1. The van der Waals surface area contributed by atoms with E-state index in [1.807, 2.05) is 6.07 Å². The van der Waals surface area contributed by atoms with Crippen LogP contribution in [-0.2, 0) is 4.79 Å². The van der Waals surface area contributed by atoms with Crippen molar-refractivity contribution in [1.82, 2.24) is 15.2 Å². The molecule has 0 fully saturated rings. The van der Waals surface area contributed by atoms with Gasteiger partial charge in [-0.15, -0.1) is 5.10 Å². The number of carbonyl (C=O) groups is 1. The smallest absolute Gasteiger partial charge is 0.234 e. The fourth-order valence-corrected chi connectivity index (χ4v) is 2.69. The van der Waals surface area contributed by atoms with Gasteiger partial charge < -0.3 is 5.32 Å². The Balaban J connectivity index is 1.62. The third-order valence-corrected chi connectivity index (χ3v) is 4.10. The summed E-state index contributed by atoms with van der Waals surface area (Å²) in [6, 6.07) is 15.0. The third-order valence-electron chi connectivity index (χ3n) is 3.25. The molecular formula is C17H12FN5OS. The number of carbonyl (C=O) groups excluding carboxylic acids is 1. The fourth-order valence-electron chi connectivity index (χ4n) is 2.09.